The molecular weight excluding hydrogens is 483 g/mol. The van der Waals surface area contributed by atoms with Crippen molar-refractivity contribution < 1.29 is 13.2 Å². The minimum Gasteiger partial charge on any atom is -0.367 e. The molecule has 5 rings (SSSR count). The fourth-order valence-electron chi connectivity index (χ4n) is 5.07. The lowest BCUT2D eigenvalue weighted by Gasteiger charge is -2.31. The Kier molecular flexibility index (Phi) is 6.57. The summed E-state index contributed by atoms with van der Waals surface area (Å²) in [5.41, 5.74) is 0.245. The van der Waals surface area contributed by atoms with Crippen LogP contribution in [0.4, 0.5) is 18.9 Å². The molecule has 1 aliphatic rings. The number of likely N-dealkylation sites (tertiary alicyclic amines) is 1. The molecule has 0 unspecified atom stereocenters. The van der Waals surface area contributed by atoms with Gasteiger partial charge in [-0.3, -0.25) is 13.9 Å². The number of hydrogen-bond acceptors (Lipinski definition) is 5. The van der Waals surface area contributed by atoms with Crippen molar-refractivity contribution in [3.05, 3.63) is 76.5 Å². The summed E-state index contributed by atoms with van der Waals surface area (Å²) in [6.45, 7) is 4.69. The van der Waals surface area contributed by atoms with E-state index in [1.165, 1.54) is 16.8 Å². The predicted octanol–water partition coefficient (Wildman–Crippen LogP) is 4.11. The fraction of sp³-hybridized carbons (Fsp3) is 0.423. The molecule has 0 aliphatic carbocycles. The Hall–Kier alpha value is -3.60. The average Bonchev–Trinajstić information content (AvgIpc) is 3.40. The van der Waals surface area contributed by atoms with Crippen molar-refractivity contribution in [1.82, 2.24) is 28.6 Å². The summed E-state index contributed by atoms with van der Waals surface area (Å²) < 4.78 is 46.5. The third kappa shape index (κ3) is 5.13. The van der Waals surface area contributed by atoms with Gasteiger partial charge in [0, 0.05) is 45.3 Å². The highest BCUT2D eigenvalue weighted by Gasteiger charge is 2.34. The molecular formula is C26H30F3N7O. The van der Waals surface area contributed by atoms with Gasteiger partial charge in [-0.1, -0.05) is 13.0 Å². The van der Waals surface area contributed by atoms with Gasteiger partial charge < -0.3 is 9.47 Å². The van der Waals surface area contributed by atoms with Gasteiger partial charge in [-0.2, -0.15) is 13.2 Å². The van der Waals surface area contributed by atoms with Crippen molar-refractivity contribution in [2.75, 3.05) is 25.0 Å². The Morgan fingerprint density at radius 2 is 2.00 bits per heavy atom. The molecule has 0 N–H and O–H groups in total. The van der Waals surface area contributed by atoms with Crippen LogP contribution in [0.25, 0.3) is 11.2 Å². The van der Waals surface area contributed by atoms with Crippen LogP contribution in [0.1, 0.15) is 36.7 Å². The molecule has 37 heavy (non-hydrogen) atoms. The Labute approximate surface area is 212 Å². The quantitative estimate of drug-likeness (QED) is 0.389. The molecule has 3 aromatic heterocycles. The first kappa shape index (κ1) is 25.1. The highest BCUT2D eigenvalue weighted by Crippen LogP contribution is 2.34. The number of imidazole rings is 1. The van der Waals surface area contributed by atoms with Gasteiger partial charge in [0.1, 0.15) is 6.33 Å². The summed E-state index contributed by atoms with van der Waals surface area (Å²) in [6.07, 6.45) is 2.00. The number of benzene rings is 1. The molecule has 0 saturated carbocycles. The van der Waals surface area contributed by atoms with E-state index < -0.39 is 17.4 Å². The first-order valence-electron chi connectivity index (χ1n) is 12.3. The molecule has 0 amide bonds. The maximum atomic E-state index is 14.1. The first-order chi connectivity index (χ1) is 17.6. The van der Waals surface area contributed by atoms with Gasteiger partial charge >= 0.3 is 11.9 Å². The second kappa shape index (κ2) is 9.70. The van der Waals surface area contributed by atoms with E-state index in [0.29, 0.717) is 30.3 Å². The van der Waals surface area contributed by atoms with Gasteiger partial charge in [-0.05, 0) is 55.1 Å². The lowest BCUT2D eigenvalue weighted by molar-refractivity contribution is -0.136. The number of aryl methyl sites for hydroxylation is 1. The number of pyridine rings is 1. The van der Waals surface area contributed by atoms with Crippen LogP contribution in [-0.2, 0) is 26.3 Å². The van der Waals surface area contributed by atoms with E-state index in [-0.39, 0.29) is 5.52 Å². The number of fused-ring (bicyclic) bond motifs is 1. The molecule has 4 aromatic rings. The molecule has 196 valence electrons. The van der Waals surface area contributed by atoms with Crippen LogP contribution < -0.4 is 10.6 Å². The summed E-state index contributed by atoms with van der Waals surface area (Å²) in [7, 11) is 3.73. The van der Waals surface area contributed by atoms with Crippen LogP contribution in [0, 0.1) is 5.92 Å². The molecule has 4 heterocycles. The number of anilines is 1. The van der Waals surface area contributed by atoms with E-state index in [0.717, 1.165) is 41.8 Å². The summed E-state index contributed by atoms with van der Waals surface area (Å²) in [6, 6.07) is 8.33. The highest BCUT2D eigenvalue weighted by atomic mass is 19.4. The lowest BCUT2D eigenvalue weighted by atomic mass is 10.00. The third-order valence-corrected chi connectivity index (χ3v) is 7.01. The Morgan fingerprint density at radius 1 is 1.19 bits per heavy atom. The number of piperidine rings is 1. The minimum atomic E-state index is -4.59. The SMILES string of the molecule is C[C@H]1CCCN(Cc2cc(C(F)(F)F)c3cn(-c4cccc(N(C)Cc5nncn5C)c4)c(=O)n3c2)C1. The summed E-state index contributed by atoms with van der Waals surface area (Å²) in [4.78, 5) is 17.5. The van der Waals surface area contributed by atoms with Crippen molar-refractivity contribution in [3.63, 3.8) is 0 Å². The maximum Gasteiger partial charge on any atom is 0.418 e. The van der Waals surface area contributed by atoms with E-state index in [1.807, 2.05) is 29.6 Å². The highest BCUT2D eigenvalue weighted by molar-refractivity contribution is 5.59. The molecule has 0 spiro atoms. The van der Waals surface area contributed by atoms with Crippen molar-refractivity contribution in [2.24, 2.45) is 13.0 Å². The molecule has 1 aromatic carbocycles. The Balaban J connectivity index is 1.52. The van der Waals surface area contributed by atoms with Gasteiger partial charge in [-0.25, -0.2) is 4.79 Å². The van der Waals surface area contributed by atoms with E-state index in [2.05, 4.69) is 22.0 Å². The van der Waals surface area contributed by atoms with Crippen molar-refractivity contribution in [2.45, 2.75) is 39.0 Å². The van der Waals surface area contributed by atoms with Crippen LogP contribution in [0.15, 0.2) is 53.8 Å². The van der Waals surface area contributed by atoms with E-state index in [9.17, 15) is 18.0 Å². The van der Waals surface area contributed by atoms with Gasteiger partial charge in [0.25, 0.3) is 0 Å². The maximum absolute atomic E-state index is 14.1. The number of aromatic nitrogens is 5. The summed E-state index contributed by atoms with van der Waals surface area (Å²) >= 11 is 0. The molecule has 1 fully saturated rings. The average molecular weight is 514 g/mol. The molecule has 0 bridgehead atoms. The van der Waals surface area contributed by atoms with E-state index >= 15 is 0 Å². The van der Waals surface area contributed by atoms with Gasteiger partial charge in [0.15, 0.2) is 5.82 Å². The smallest absolute Gasteiger partial charge is 0.367 e. The monoisotopic (exact) mass is 513 g/mol. The van der Waals surface area contributed by atoms with Crippen LogP contribution in [0.5, 0.6) is 0 Å². The second-order valence-electron chi connectivity index (χ2n) is 10.0. The molecule has 1 aliphatic heterocycles. The van der Waals surface area contributed by atoms with Crippen LogP contribution >= 0.6 is 0 Å². The predicted molar refractivity (Wildman–Crippen MR) is 135 cm³/mol. The van der Waals surface area contributed by atoms with Gasteiger partial charge in [-0.15, -0.1) is 10.2 Å². The van der Waals surface area contributed by atoms with E-state index in [4.69, 9.17) is 0 Å². The van der Waals surface area contributed by atoms with Crippen LogP contribution in [-0.4, -0.2) is 48.8 Å². The van der Waals surface area contributed by atoms with Crippen LogP contribution in [0.2, 0.25) is 0 Å². The topological polar surface area (TPSA) is 63.6 Å². The number of halogens is 3. The second-order valence-corrected chi connectivity index (χ2v) is 10.0. The van der Waals surface area contributed by atoms with Crippen LogP contribution in [0.3, 0.4) is 0 Å². The normalized spacial score (nSPS) is 17.0. The zero-order valence-electron chi connectivity index (χ0n) is 21.1. The molecule has 8 nitrogen and oxygen atoms in total. The standard InChI is InChI=1S/C26H30F3N7O/c1-18-6-5-9-34(12-18)13-19-10-22(26(27,28)29)23-15-35(25(37)36(23)14-19)21-8-4-7-20(11-21)32(2)16-24-31-30-17-33(24)3/h4,7-8,10-11,14-15,17-18H,5-6,9,12-13,16H2,1-3H3/t18-/m0/s1. The molecule has 11 heteroatoms. The summed E-state index contributed by atoms with van der Waals surface area (Å²) in [5.74, 6) is 1.26. The van der Waals surface area contributed by atoms with Crippen molar-refractivity contribution >= 4 is 11.2 Å². The zero-order chi connectivity index (χ0) is 26.3. The van der Waals surface area contributed by atoms with Gasteiger partial charge in [0.2, 0.25) is 0 Å². The number of hydrogen-bond donors (Lipinski definition) is 0. The van der Waals surface area contributed by atoms with E-state index in [1.54, 1.807) is 30.7 Å². The molecule has 1 atom stereocenters. The zero-order valence-corrected chi connectivity index (χ0v) is 21.1. The lowest BCUT2D eigenvalue weighted by Crippen LogP contribution is -2.34. The third-order valence-electron chi connectivity index (χ3n) is 7.01. The number of nitrogens with zero attached hydrogens (tertiary/aromatic N) is 7. The fourth-order valence-corrected chi connectivity index (χ4v) is 5.07. The first-order valence-corrected chi connectivity index (χ1v) is 12.3. The minimum absolute atomic E-state index is 0.161. The number of alkyl halides is 3. The number of rotatable bonds is 6. The molecule has 0 radical (unpaired) electrons. The molecule has 1 saturated heterocycles. The Bertz CT molecular complexity index is 1470. The van der Waals surface area contributed by atoms with Crippen molar-refractivity contribution in [1.29, 1.82) is 0 Å². The van der Waals surface area contributed by atoms with Gasteiger partial charge in [0.05, 0.1) is 23.3 Å². The van der Waals surface area contributed by atoms with Crippen molar-refractivity contribution in [3.8, 4) is 5.69 Å². The largest absolute Gasteiger partial charge is 0.418 e. The Morgan fingerprint density at radius 3 is 2.70 bits per heavy atom. The summed E-state index contributed by atoms with van der Waals surface area (Å²) in [5, 5.41) is 7.98.